The van der Waals surface area contributed by atoms with Crippen molar-refractivity contribution in [3.63, 3.8) is 0 Å². The van der Waals surface area contributed by atoms with Crippen molar-refractivity contribution in [2.24, 2.45) is 5.92 Å². The third kappa shape index (κ3) is 3.77. The topological polar surface area (TPSA) is 9.23 Å². The predicted molar refractivity (Wildman–Crippen MR) is 75.8 cm³/mol. The zero-order valence-electron chi connectivity index (χ0n) is 9.99. The molecule has 1 aliphatic rings. The first-order chi connectivity index (χ1) is 8.29. The third-order valence-corrected chi connectivity index (χ3v) is 4.22. The van der Waals surface area contributed by atoms with Gasteiger partial charge in [-0.25, -0.2) is 0 Å². The highest BCUT2D eigenvalue weighted by Gasteiger charge is 2.09. The minimum Gasteiger partial charge on any atom is -0.381 e. The number of hydrogen-bond donors (Lipinski definition) is 0. The normalized spacial score (nSPS) is 17.8. The summed E-state index contributed by atoms with van der Waals surface area (Å²) in [6.45, 7) is 1.78. The lowest BCUT2D eigenvalue weighted by Crippen LogP contribution is -2.13. The van der Waals surface area contributed by atoms with Crippen LogP contribution in [0.3, 0.4) is 0 Å². The van der Waals surface area contributed by atoms with E-state index in [1.807, 2.05) is 12.3 Å². The van der Waals surface area contributed by atoms with E-state index in [9.17, 15) is 0 Å². The number of hydrogen-bond acceptors (Lipinski definition) is 2. The lowest BCUT2D eigenvalue weighted by atomic mass is 9.99. The first kappa shape index (κ1) is 13.0. The molecule has 17 heavy (non-hydrogen) atoms. The van der Waals surface area contributed by atoms with Gasteiger partial charge >= 0.3 is 0 Å². The summed E-state index contributed by atoms with van der Waals surface area (Å²) in [7, 11) is 0. The predicted octanol–water partition coefficient (Wildman–Crippen LogP) is 4.50. The Labute approximate surface area is 112 Å². The molecule has 1 nitrogen and oxygen atoms in total. The smallest absolute Gasteiger partial charge is 0.0547 e. The highest BCUT2D eigenvalue weighted by Crippen LogP contribution is 2.27. The fraction of sp³-hybridized carbons (Fsp3) is 0.429. The number of benzene rings is 1. The van der Waals surface area contributed by atoms with Gasteiger partial charge in [-0.1, -0.05) is 29.8 Å². The average Bonchev–Trinajstić information content (AvgIpc) is 2.38. The van der Waals surface area contributed by atoms with Gasteiger partial charge in [0.05, 0.1) is 5.02 Å². The van der Waals surface area contributed by atoms with E-state index in [-0.39, 0.29) is 0 Å². The van der Waals surface area contributed by atoms with Crippen molar-refractivity contribution in [2.45, 2.75) is 17.7 Å². The maximum absolute atomic E-state index is 6.18. The minimum absolute atomic E-state index is 0.655. The number of rotatable bonds is 3. The van der Waals surface area contributed by atoms with E-state index in [4.69, 9.17) is 16.3 Å². The average molecular weight is 269 g/mol. The van der Waals surface area contributed by atoms with Crippen LogP contribution < -0.4 is 0 Å². The van der Waals surface area contributed by atoms with Gasteiger partial charge in [-0.3, -0.25) is 0 Å². The third-order valence-electron chi connectivity index (χ3n) is 3.00. The number of allylic oxidation sites excluding steroid dienone is 1. The summed E-state index contributed by atoms with van der Waals surface area (Å²) in [4.78, 5) is 1.13. The molecule has 1 heterocycles. The maximum Gasteiger partial charge on any atom is 0.0547 e. The molecule has 1 aromatic rings. The molecule has 0 unspecified atom stereocenters. The van der Waals surface area contributed by atoms with E-state index in [0.29, 0.717) is 5.92 Å². The second-order valence-electron chi connectivity index (χ2n) is 4.20. The van der Waals surface area contributed by atoms with Gasteiger partial charge in [0.25, 0.3) is 0 Å². The molecule has 0 bridgehead atoms. The van der Waals surface area contributed by atoms with Crippen LogP contribution in [0.1, 0.15) is 18.4 Å². The van der Waals surface area contributed by atoms with Gasteiger partial charge in [0.1, 0.15) is 0 Å². The zero-order chi connectivity index (χ0) is 12.1. The standard InChI is InChI=1S/C14H17ClOS/c1-17-14-5-4-12(10-13(14)15)3-2-11-6-8-16-9-7-11/h2-5,10-11H,6-9H2,1H3/b3-2+. The van der Waals surface area contributed by atoms with E-state index >= 15 is 0 Å². The molecule has 0 amide bonds. The SMILES string of the molecule is CSc1ccc(/C=C/C2CCOCC2)cc1Cl. The van der Waals surface area contributed by atoms with Gasteiger partial charge in [-0.2, -0.15) is 0 Å². The molecule has 0 radical (unpaired) electrons. The summed E-state index contributed by atoms with van der Waals surface area (Å²) in [5.74, 6) is 0.655. The van der Waals surface area contributed by atoms with Crippen LogP contribution in [0.5, 0.6) is 0 Å². The van der Waals surface area contributed by atoms with Crippen LogP contribution in [0.15, 0.2) is 29.2 Å². The summed E-state index contributed by atoms with van der Waals surface area (Å²) in [5.41, 5.74) is 1.18. The van der Waals surface area contributed by atoms with Crippen molar-refractivity contribution < 1.29 is 4.74 Å². The Kier molecular flexibility index (Phi) is 4.96. The summed E-state index contributed by atoms with van der Waals surface area (Å²) in [6.07, 6.45) is 8.76. The molecule has 0 spiro atoms. The zero-order valence-corrected chi connectivity index (χ0v) is 11.6. The Hall–Kier alpha value is -0.440. The molecular weight excluding hydrogens is 252 g/mol. The molecule has 2 rings (SSSR count). The monoisotopic (exact) mass is 268 g/mol. The Morgan fingerprint density at radius 1 is 1.35 bits per heavy atom. The highest BCUT2D eigenvalue weighted by atomic mass is 35.5. The quantitative estimate of drug-likeness (QED) is 0.747. The number of halogens is 1. The molecule has 0 aromatic heterocycles. The second kappa shape index (κ2) is 6.48. The van der Waals surface area contributed by atoms with Crippen molar-refractivity contribution in [3.8, 4) is 0 Å². The Morgan fingerprint density at radius 3 is 2.76 bits per heavy atom. The molecular formula is C14H17ClOS. The first-order valence-corrected chi connectivity index (χ1v) is 7.49. The molecule has 1 saturated heterocycles. The molecule has 0 atom stereocenters. The van der Waals surface area contributed by atoms with E-state index in [2.05, 4.69) is 24.3 Å². The van der Waals surface area contributed by atoms with Gasteiger partial charge in [0.2, 0.25) is 0 Å². The van der Waals surface area contributed by atoms with Crippen LogP contribution >= 0.6 is 23.4 Å². The molecule has 1 fully saturated rings. The number of thioether (sulfide) groups is 1. The molecule has 0 saturated carbocycles. The van der Waals surface area contributed by atoms with Crippen LogP contribution in [0.2, 0.25) is 5.02 Å². The number of ether oxygens (including phenoxy) is 1. The molecule has 92 valence electrons. The molecule has 0 N–H and O–H groups in total. The molecule has 1 aliphatic heterocycles. The lowest BCUT2D eigenvalue weighted by molar-refractivity contribution is 0.0787. The van der Waals surface area contributed by atoms with E-state index in [1.165, 1.54) is 5.56 Å². The van der Waals surface area contributed by atoms with Crippen LogP contribution in [0, 0.1) is 5.92 Å². The summed E-state index contributed by atoms with van der Waals surface area (Å²) >= 11 is 7.85. The van der Waals surface area contributed by atoms with Crippen LogP contribution in [0.25, 0.3) is 6.08 Å². The van der Waals surface area contributed by atoms with Gasteiger partial charge in [-0.15, -0.1) is 11.8 Å². The van der Waals surface area contributed by atoms with Crippen LogP contribution in [-0.2, 0) is 4.74 Å². The lowest BCUT2D eigenvalue weighted by Gasteiger charge is -2.18. The Morgan fingerprint density at radius 2 is 2.12 bits per heavy atom. The van der Waals surface area contributed by atoms with Crippen LogP contribution in [-0.4, -0.2) is 19.5 Å². The summed E-state index contributed by atoms with van der Waals surface area (Å²) in [6, 6.07) is 6.23. The fourth-order valence-corrected chi connectivity index (χ4v) is 2.82. The van der Waals surface area contributed by atoms with Crippen molar-refractivity contribution in [3.05, 3.63) is 34.9 Å². The van der Waals surface area contributed by atoms with Crippen molar-refractivity contribution in [2.75, 3.05) is 19.5 Å². The van der Waals surface area contributed by atoms with Crippen molar-refractivity contribution in [1.29, 1.82) is 0 Å². The largest absolute Gasteiger partial charge is 0.381 e. The summed E-state index contributed by atoms with van der Waals surface area (Å²) in [5, 5.41) is 0.839. The molecule has 3 heteroatoms. The first-order valence-electron chi connectivity index (χ1n) is 5.89. The van der Waals surface area contributed by atoms with Gasteiger partial charge in [0, 0.05) is 18.1 Å². The minimum atomic E-state index is 0.655. The van der Waals surface area contributed by atoms with Crippen molar-refractivity contribution >= 4 is 29.4 Å². The van der Waals surface area contributed by atoms with Gasteiger partial charge in [0.15, 0.2) is 0 Å². The fourth-order valence-electron chi connectivity index (χ4n) is 1.94. The maximum atomic E-state index is 6.18. The summed E-state index contributed by atoms with van der Waals surface area (Å²) < 4.78 is 5.34. The molecule has 0 aliphatic carbocycles. The Bertz CT molecular complexity index is 397. The highest BCUT2D eigenvalue weighted by molar-refractivity contribution is 7.98. The van der Waals surface area contributed by atoms with Crippen molar-refractivity contribution in [1.82, 2.24) is 0 Å². The van der Waals surface area contributed by atoms with Gasteiger partial charge < -0.3 is 4.74 Å². The van der Waals surface area contributed by atoms with E-state index in [1.54, 1.807) is 11.8 Å². The Balaban J connectivity index is 2.02. The molecule has 1 aromatic carbocycles. The van der Waals surface area contributed by atoms with Crippen LogP contribution in [0.4, 0.5) is 0 Å². The van der Waals surface area contributed by atoms with E-state index in [0.717, 1.165) is 36.0 Å². The van der Waals surface area contributed by atoms with Gasteiger partial charge in [-0.05, 0) is 42.7 Å². The van der Waals surface area contributed by atoms with E-state index < -0.39 is 0 Å². The second-order valence-corrected chi connectivity index (χ2v) is 5.46.